The number of benzene rings is 2. The average Bonchev–Trinajstić information content (AvgIpc) is 2.56. The zero-order valence-corrected chi connectivity index (χ0v) is 13.5. The highest BCUT2D eigenvalue weighted by molar-refractivity contribution is 5.80. The van der Waals surface area contributed by atoms with Crippen LogP contribution in [0.2, 0.25) is 0 Å². The average molecular weight is 362 g/mol. The van der Waals surface area contributed by atoms with E-state index in [1.54, 1.807) is 0 Å². The van der Waals surface area contributed by atoms with Crippen LogP contribution in [0.15, 0.2) is 36.4 Å². The number of aromatic hydroxyl groups is 4. The molecule has 0 spiro atoms. The Bertz CT molecular complexity index is 760. The van der Waals surface area contributed by atoms with Gasteiger partial charge in [0.05, 0.1) is 11.8 Å². The topological polar surface area (TPSA) is 156 Å². The van der Waals surface area contributed by atoms with Gasteiger partial charge in [-0.1, -0.05) is 12.1 Å². The quantitative estimate of drug-likeness (QED) is 0.406. The maximum absolute atomic E-state index is 11.6. The lowest BCUT2D eigenvalue weighted by Gasteiger charge is -2.21. The molecule has 0 aliphatic carbocycles. The van der Waals surface area contributed by atoms with E-state index >= 15 is 0 Å². The van der Waals surface area contributed by atoms with Crippen LogP contribution in [0.5, 0.6) is 23.0 Å². The third-order valence-corrected chi connectivity index (χ3v) is 4.11. The maximum atomic E-state index is 11.6. The van der Waals surface area contributed by atoms with Crippen LogP contribution in [-0.4, -0.2) is 42.6 Å². The molecule has 0 unspecified atom stereocenters. The minimum absolute atomic E-state index is 0.176. The predicted molar refractivity (Wildman–Crippen MR) is 89.2 cm³/mol. The molecule has 26 heavy (non-hydrogen) atoms. The number of hydrogen-bond donors (Lipinski definition) is 6. The van der Waals surface area contributed by atoms with E-state index < -0.39 is 35.3 Å². The lowest BCUT2D eigenvalue weighted by atomic mass is 9.82. The maximum Gasteiger partial charge on any atom is 0.307 e. The fourth-order valence-electron chi connectivity index (χ4n) is 2.70. The van der Waals surface area contributed by atoms with E-state index in [0.717, 1.165) is 0 Å². The summed E-state index contributed by atoms with van der Waals surface area (Å²) in [6.07, 6.45) is -0.353. The fourth-order valence-corrected chi connectivity index (χ4v) is 2.70. The van der Waals surface area contributed by atoms with Crippen LogP contribution < -0.4 is 0 Å². The molecule has 2 atom stereocenters. The molecule has 2 aromatic rings. The lowest BCUT2D eigenvalue weighted by Crippen LogP contribution is -2.33. The Morgan fingerprint density at radius 1 is 0.654 bits per heavy atom. The molecule has 0 radical (unpaired) electrons. The molecule has 6 N–H and O–H groups in total. The molecule has 0 fully saturated rings. The van der Waals surface area contributed by atoms with Crippen LogP contribution in [0.3, 0.4) is 0 Å². The van der Waals surface area contributed by atoms with E-state index in [1.807, 2.05) is 0 Å². The van der Waals surface area contributed by atoms with Gasteiger partial charge in [0.15, 0.2) is 23.0 Å². The second-order valence-corrected chi connectivity index (χ2v) is 5.94. The monoisotopic (exact) mass is 362 g/mol. The van der Waals surface area contributed by atoms with Gasteiger partial charge in [-0.3, -0.25) is 9.59 Å². The van der Waals surface area contributed by atoms with E-state index in [-0.39, 0.29) is 24.3 Å². The Kier molecular flexibility index (Phi) is 5.56. The van der Waals surface area contributed by atoms with Gasteiger partial charge in [-0.05, 0) is 48.2 Å². The number of carboxylic acids is 2. The van der Waals surface area contributed by atoms with Crippen molar-refractivity contribution in [1.82, 2.24) is 0 Å². The molecular formula is C18H18O8. The van der Waals surface area contributed by atoms with Gasteiger partial charge in [-0.25, -0.2) is 0 Å². The van der Waals surface area contributed by atoms with Crippen LogP contribution in [0, 0.1) is 11.8 Å². The SMILES string of the molecule is O=C(O)[C@@H](Cc1ccc(O)c(O)c1)[C@H](Cc1ccc(O)c(O)c1)C(=O)O. The summed E-state index contributed by atoms with van der Waals surface area (Å²) in [5.74, 6) is -6.87. The molecule has 8 heteroatoms. The zero-order chi connectivity index (χ0) is 19.4. The summed E-state index contributed by atoms with van der Waals surface area (Å²) in [6.45, 7) is 0. The van der Waals surface area contributed by atoms with Gasteiger partial charge < -0.3 is 30.6 Å². The number of carbonyl (C=O) groups is 2. The Labute approximate surface area is 148 Å². The molecule has 0 saturated heterocycles. The van der Waals surface area contributed by atoms with Crippen molar-refractivity contribution in [2.24, 2.45) is 11.8 Å². The summed E-state index contributed by atoms with van der Waals surface area (Å²) < 4.78 is 0. The van der Waals surface area contributed by atoms with E-state index in [4.69, 9.17) is 0 Å². The highest BCUT2D eigenvalue weighted by Crippen LogP contribution is 2.31. The van der Waals surface area contributed by atoms with E-state index in [9.17, 15) is 40.2 Å². The van der Waals surface area contributed by atoms with Crippen LogP contribution in [0.4, 0.5) is 0 Å². The normalized spacial score (nSPS) is 13.1. The third-order valence-electron chi connectivity index (χ3n) is 4.11. The van der Waals surface area contributed by atoms with Crippen molar-refractivity contribution in [1.29, 1.82) is 0 Å². The first-order chi connectivity index (χ1) is 12.2. The summed E-state index contributed by atoms with van der Waals surface area (Å²) in [4.78, 5) is 23.3. The van der Waals surface area contributed by atoms with Gasteiger partial charge in [-0.2, -0.15) is 0 Å². The number of carboxylic acid groups (broad SMARTS) is 2. The standard InChI is InChI=1S/C18H18O8/c19-13-3-1-9(7-15(13)21)5-11(17(23)24)12(18(25)26)6-10-2-4-14(20)16(22)8-10/h1-4,7-8,11-12,19-22H,5-6H2,(H,23,24)(H,25,26)/t11-,12-/m0/s1. The smallest absolute Gasteiger partial charge is 0.307 e. The van der Waals surface area contributed by atoms with Gasteiger partial charge in [0.2, 0.25) is 0 Å². The predicted octanol–water partition coefficient (Wildman–Crippen LogP) is 1.70. The Morgan fingerprint density at radius 2 is 1.00 bits per heavy atom. The van der Waals surface area contributed by atoms with Gasteiger partial charge in [0, 0.05) is 0 Å². The molecule has 8 nitrogen and oxygen atoms in total. The van der Waals surface area contributed by atoms with E-state index in [0.29, 0.717) is 11.1 Å². The minimum Gasteiger partial charge on any atom is -0.504 e. The summed E-state index contributed by atoms with van der Waals surface area (Å²) >= 11 is 0. The highest BCUT2D eigenvalue weighted by Gasteiger charge is 2.34. The number of phenols is 4. The van der Waals surface area contributed by atoms with Crippen molar-refractivity contribution >= 4 is 11.9 Å². The Morgan fingerprint density at radius 3 is 1.27 bits per heavy atom. The number of rotatable bonds is 7. The van der Waals surface area contributed by atoms with Crippen molar-refractivity contribution in [2.75, 3.05) is 0 Å². The first-order valence-corrected chi connectivity index (χ1v) is 7.66. The number of phenolic OH excluding ortho intramolecular Hbond substituents is 4. The van der Waals surface area contributed by atoms with Gasteiger partial charge in [0.1, 0.15) is 0 Å². The summed E-state index contributed by atoms with van der Waals surface area (Å²) in [5.41, 5.74) is 0.708. The second kappa shape index (κ2) is 7.64. The van der Waals surface area contributed by atoms with E-state index in [2.05, 4.69) is 0 Å². The van der Waals surface area contributed by atoms with Crippen molar-refractivity contribution in [2.45, 2.75) is 12.8 Å². The molecule has 2 aromatic carbocycles. The second-order valence-electron chi connectivity index (χ2n) is 5.94. The largest absolute Gasteiger partial charge is 0.504 e. The highest BCUT2D eigenvalue weighted by atomic mass is 16.4. The molecule has 0 amide bonds. The molecule has 0 saturated carbocycles. The fraction of sp³-hybridized carbons (Fsp3) is 0.222. The summed E-state index contributed by atoms with van der Waals surface area (Å²) in [5, 5.41) is 56.7. The Balaban J connectivity index is 2.30. The molecule has 2 rings (SSSR count). The molecular weight excluding hydrogens is 344 g/mol. The first-order valence-electron chi connectivity index (χ1n) is 7.66. The van der Waals surface area contributed by atoms with Crippen molar-refractivity contribution in [3.63, 3.8) is 0 Å². The van der Waals surface area contributed by atoms with Crippen LogP contribution >= 0.6 is 0 Å². The zero-order valence-electron chi connectivity index (χ0n) is 13.5. The van der Waals surface area contributed by atoms with Crippen LogP contribution in [-0.2, 0) is 22.4 Å². The van der Waals surface area contributed by atoms with Gasteiger partial charge >= 0.3 is 11.9 Å². The third kappa shape index (κ3) is 4.35. The van der Waals surface area contributed by atoms with Crippen LogP contribution in [0.1, 0.15) is 11.1 Å². The molecule has 0 aromatic heterocycles. The lowest BCUT2D eigenvalue weighted by molar-refractivity contribution is -0.153. The summed E-state index contributed by atoms with van der Waals surface area (Å²) in [6, 6.07) is 7.54. The van der Waals surface area contributed by atoms with Gasteiger partial charge in [-0.15, -0.1) is 0 Å². The molecule has 138 valence electrons. The number of aliphatic carboxylic acids is 2. The van der Waals surface area contributed by atoms with Crippen molar-refractivity contribution in [3.8, 4) is 23.0 Å². The van der Waals surface area contributed by atoms with Crippen molar-refractivity contribution in [3.05, 3.63) is 47.5 Å². The molecule has 0 bridgehead atoms. The minimum atomic E-state index is -1.33. The molecule has 0 aliphatic rings. The van der Waals surface area contributed by atoms with Gasteiger partial charge in [0.25, 0.3) is 0 Å². The van der Waals surface area contributed by atoms with Crippen molar-refractivity contribution < 1.29 is 40.2 Å². The molecule has 0 heterocycles. The summed E-state index contributed by atoms with van der Waals surface area (Å²) in [7, 11) is 0. The van der Waals surface area contributed by atoms with Crippen LogP contribution in [0.25, 0.3) is 0 Å². The molecule has 0 aliphatic heterocycles. The van der Waals surface area contributed by atoms with E-state index in [1.165, 1.54) is 36.4 Å². The Hall–Kier alpha value is -3.42. The first kappa shape index (κ1) is 18.9. The number of hydrogen-bond acceptors (Lipinski definition) is 6.